The van der Waals surface area contributed by atoms with Crippen LogP contribution < -0.4 is 31.0 Å². The number of carbonyl (C=O) groups excluding carboxylic acids is 4. The first-order valence-electron chi connectivity index (χ1n) is 19.8. The molecule has 1 aliphatic heterocycles. The zero-order valence-electron chi connectivity index (χ0n) is 35.2. The van der Waals surface area contributed by atoms with Crippen molar-refractivity contribution < 1.29 is 38.5 Å². The van der Waals surface area contributed by atoms with Crippen LogP contribution in [0.1, 0.15) is 62.0 Å². The van der Waals surface area contributed by atoms with Crippen LogP contribution in [0.4, 0.5) is 17.3 Å². The zero-order valence-corrected chi connectivity index (χ0v) is 36.7. The Hall–Kier alpha value is -6.91. The minimum Gasteiger partial charge on any atom is -0.492 e. The summed E-state index contributed by atoms with van der Waals surface area (Å²) in [4.78, 5) is 71.6. The summed E-state index contributed by atoms with van der Waals surface area (Å²) in [5.41, 5.74) is 1.48. The lowest BCUT2D eigenvalue weighted by molar-refractivity contribution is -0.140. The van der Waals surface area contributed by atoms with Gasteiger partial charge in [0, 0.05) is 22.3 Å². The average Bonchev–Trinajstić information content (AvgIpc) is 3.23. The van der Waals surface area contributed by atoms with Crippen molar-refractivity contribution >= 4 is 70.2 Å². The largest absolute Gasteiger partial charge is 0.492 e. The smallest absolute Gasteiger partial charge is 0.307 e. The lowest BCUT2D eigenvalue weighted by atomic mass is 10.2. The molecule has 1 fully saturated rings. The summed E-state index contributed by atoms with van der Waals surface area (Å²) in [5, 5.41) is 19.8. The van der Waals surface area contributed by atoms with Gasteiger partial charge in [-0.1, -0.05) is 47.5 Å². The maximum atomic E-state index is 13.4. The van der Waals surface area contributed by atoms with E-state index in [1.165, 1.54) is 16.6 Å². The molecule has 330 valence electrons. The number of aromatic hydroxyl groups is 1. The third-order valence-corrected chi connectivity index (χ3v) is 9.28. The molecular weight excluding hydrogens is 853 g/mol. The van der Waals surface area contributed by atoms with E-state index < -0.39 is 28.9 Å². The van der Waals surface area contributed by atoms with E-state index in [4.69, 9.17) is 32.7 Å². The summed E-state index contributed by atoms with van der Waals surface area (Å²) in [6, 6.07) is 28.2. The van der Waals surface area contributed by atoms with Crippen molar-refractivity contribution in [2.24, 2.45) is 4.99 Å². The second-order valence-electron chi connectivity index (χ2n) is 14.5. The molecule has 0 unspecified atom stereocenters. The van der Waals surface area contributed by atoms with Crippen molar-refractivity contribution in [3.63, 3.8) is 0 Å². The number of methoxy groups -OCH3 is 1. The van der Waals surface area contributed by atoms with Gasteiger partial charge in [0.2, 0.25) is 29.6 Å². The number of aliphatic imine (C=N–C) groups is 1. The van der Waals surface area contributed by atoms with E-state index in [0.29, 0.717) is 33.7 Å². The summed E-state index contributed by atoms with van der Waals surface area (Å²) < 4.78 is 17.0. The molecule has 0 atom stereocenters. The number of esters is 1. The van der Waals surface area contributed by atoms with Gasteiger partial charge in [-0.05, 0) is 112 Å². The van der Waals surface area contributed by atoms with Crippen LogP contribution in [0.25, 0.3) is 0 Å². The predicted molar refractivity (Wildman–Crippen MR) is 239 cm³/mol. The van der Waals surface area contributed by atoms with Gasteiger partial charge < -0.3 is 30.0 Å². The van der Waals surface area contributed by atoms with Gasteiger partial charge in [0.05, 0.1) is 44.5 Å². The van der Waals surface area contributed by atoms with E-state index >= 15 is 0 Å². The topological polar surface area (TPSA) is 203 Å². The summed E-state index contributed by atoms with van der Waals surface area (Å²) in [5.74, 6) is -1.16. The van der Waals surface area contributed by atoms with Crippen molar-refractivity contribution in [2.45, 2.75) is 65.8 Å². The van der Waals surface area contributed by atoms with E-state index in [9.17, 15) is 29.1 Å². The van der Waals surface area contributed by atoms with Gasteiger partial charge in [-0.3, -0.25) is 38.8 Å². The molecule has 5 aromatic rings. The van der Waals surface area contributed by atoms with Crippen LogP contribution in [0.2, 0.25) is 10.0 Å². The molecule has 2 heterocycles. The minimum atomic E-state index is -0.861. The number of hydrogen-bond donors (Lipinski definition) is 4. The fraction of sp³-hybridized carbons (Fsp3) is 0.267. The van der Waals surface area contributed by atoms with Crippen molar-refractivity contribution in [1.29, 1.82) is 0 Å². The summed E-state index contributed by atoms with van der Waals surface area (Å²) >= 11 is 11.9. The van der Waals surface area contributed by atoms with Crippen LogP contribution >= 0.6 is 23.2 Å². The molecule has 6 rings (SSSR count). The van der Waals surface area contributed by atoms with Crippen molar-refractivity contribution in [3.8, 4) is 17.4 Å². The quantitative estimate of drug-likeness (QED) is 0.0615. The Balaban J connectivity index is 0.000000247. The number of guanidine groups is 1. The summed E-state index contributed by atoms with van der Waals surface area (Å²) in [6.07, 6.45) is -0.204. The van der Waals surface area contributed by atoms with Crippen LogP contribution in [0.15, 0.2) is 107 Å². The van der Waals surface area contributed by atoms with Crippen LogP contribution in [0, 0.1) is 0 Å². The van der Waals surface area contributed by atoms with E-state index in [1.54, 1.807) is 84.9 Å². The fourth-order valence-corrected chi connectivity index (χ4v) is 6.10. The molecule has 1 aliphatic rings. The molecule has 0 bridgehead atoms. The van der Waals surface area contributed by atoms with Gasteiger partial charge >= 0.3 is 5.97 Å². The third kappa shape index (κ3) is 14.1. The Bertz CT molecular complexity index is 2480. The lowest BCUT2D eigenvalue weighted by Crippen LogP contribution is -2.53. The highest BCUT2D eigenvalue weighted by Gasteiger charge is 2.29. The number of ether oxygens (including phenoxy) is 3. The highest BCUT2D eigenvalue weighted by atomic mass is 35.5. The predicted octanol–water partition coefficient (Wildman–Crippen LogP) is 7.14. The molecule has 0 saturated carbocycles. The number of anilines is 2. The maximum Gasteiger partial charge on any atom is 0.307 e. The monoisotopic (exact) mass is 899 g/mol. The van der Waals surface area contributed by atoms with E-state index in [-0.39, 0.29) is 61.9 Å². The lowest BCUT2D eigenvalue weighted by Gasteiger charge is -2.28. The Kier molecular flexibility index (Phi) is 16.7. The fourth-order valence-electron chi connectivity index (χ4n) is 5.85. The Morgan fingerprint density at radius 1 is 0.810 bits per heavy atom. The molecule has 0 aliphatic carbocycles. The standard InChI is InChI=1S/C25H27ClN4O6.C20H20ClN3O3/c1-15(2)36-19-10-8-18(9-11-19)28-25-29-23(33)21(22(32)27-13-12-20(31)35-3)24(34)30(25)14-16-4-6-17(26)7-5-16;1-13(2)27-17-9-7-16(8-10-17)22-20-23-18(25)11-19(26)24(20)12-14-3-5-15(21)6-4-14/h4-11,15,33H,12-14H2,1-3H3,(H,27,32)(H,28,29);3-10,13H,11-12H2,1-2H3,(H,22,23,25). The first-order chi connectivity index (χ1) is 30.1. The molecule has 0 spiro atoms. The van der Waals surface area contributed by atoms with Gasteiger partial charge in [0.15, 0.2) is 5.56 Å². The molecule has 0 radical (unpaired) electrons. The molecule has 16 nitrogen and oxygen atoms in total. The molecule has 1 saturated heterocycles. The molecule has 1 aromatic heterocycles. The van der Waals surface area contributed by atoms with Gasteiger partial charge in [0.25, 0.3) is 11.5 Å². The first-order valence-corrected chi connectivity index (χ1v) is 20.5. The number of rotatable bonds is 15. The van der Waals surface area contributed by atoms with Crippen LogP contribution in [-0.2, 0) is 32.2 Å². The Morgan fingerprint density at radius 3 is 1.89 bits per heavy atom. The van der Waals surface area contributed by atoms with Gasteiger partial charge in [0.1, 0.15) is 17.9 Å². The molecule has 63 heavy (non-hydrogen) atoms. The third-order valence-electron chi connectivity index (χ3n) is 8.77. The van der Waals surface area contributed by atoms with Crippen molar-refractivity contribution in [3.05, 3.63) is 134 Å². The number of carbonyl (C=O) groups is 4. The summed E-state index contributed by atoms with van der Waals surface area (Å²) in [7, 11) is 1.23. The van der Waals surface area contributed by atoms with Crippen LogP contribution in [0.5, 0.6) is 17.4 Å². The average molecular weight is 901 g/mol. The number of aromatic nitrogens is 2. The van der Waals surface area contributed by atoms with E-state index in [1.807, 2.05) is 39.8 Å². The number of nitrogens with zero attached hydrogens (tertiary/aromatic N) is 4. The Morgan fingerprint density at radius 2 is 1.35 bits per heavy atom. The van der Waals surface area contributed by atoms with Crippen LogP contribution in [-0.4, -0.2) is 75.1 Å². The van der Waals surface area contributed by atoms with Crippen molar-refractivity contribution in [1.82, 2.24) is 25.1 Å². The van der Waals surface area contributed by atoms with E-state index in [0.717, 1.165) is 16.9 Å². The van der Waals surface area contributed by atoms with Gasteiger partial charge in [-0.15, -0.1) is 0 Å². The molecule has 3 amide bonds. The second kappa shape index (κ2) is 22.3. The molecular formula is C45H47Cl2N7O9. The number of benzene rings is 4. The van der Waals surface area contributed by atoms with Crippen molar-refractivity contribution in [2.75, 3.05) is 19.0 Å². The normalized spacial score (nSPS) is 13.0. The summed E-state index contributed by atoms with van der Waals surface area (Å²) in [6.45, 7) is 8.00. The zero-order chi connectivity index (χ0) is 45.6. The number of halogens is 2. The molecule has 4 N–H and O–H groups in total. The molecule has 4 aromatic carbocycles. The Labute approximate surface area is 373 Å². The number of nitrogens with one attached hydrogen (secondary N) is 3. The molecule has 18 heteroatoms. The SMILES string of the molecule is CC(C)Oc1ccc(N=C2NC(=O)CC(=O)N2Cc2ccc(Cl)cc2)cc1.COC(=O)CCNC(=O)c1c(O)nc(Nc2ccc(OC(C)C)cc2)n(Cc2ccc(Cl)cc2)c1=O. The highest BCUT2D eigenvalue weighted by molar-refractivity contribution is 6.30. The van der Waals surface area contributed by atoms with E-state index in [2.05, 4.69) is 30.7 Å². The van der Waals surface area contributed by atoms with Gasteiger partial charge in [-0.2, -0.15) is 4.98 Å². The number of amides is 3. The maximum absolute atomic E-state index is 13.4. The highest BCUT2D eigenvalue weighted by Crippen LogP contribution is 2.24. The minimum absolute atomic E-state index is 0.0123. The van der Waals surface area contributed by atoms with Gasteiger partial charge in [-0.25, -0.2) is 4.99 Å². The first kappa shape index (κ1) is 47.1. The second-order valence-corrected chi connectivity index (χ2v) is 15.3. The van der Waals surface area contributed by atoms with Crippen LogP contribution in [0.3, 0.4) is 0 Å². The number of hydrogen-bond acceptors (Lipinski definition) is 12.